The number of amides is 3. The van der Waals surface area contributed by atoms with Crippen molar-refractivity contribution in [2.24, 2.45) is 0 Å². The van der Waals surface area contributed by atoms with E-state index in [1.54, 1.807) is 12.1 Å². The summed E-state index contributed by atoms with van der Waals surface area (Å²) in [7, 11) is 0. The number of esters is 1. The Hall–Kier alpha value is -2.61. The lowest BCUT2D eigenvalue weighted by atomic mass is 10.2. The Morgan fingerprint density at radius 1 is 1.08 bits per heavy atom. The molecule has 8 nitrogen and oxygen atoms in total. The minimum atomic E-state index is -0.946. The number of hydrogen-bond donors (Lipinski definition) is 3. The zero-order valence-corrected chi connectivity index (χ0v) is 15.4. The van der Waals surface area contributed by atoms with Gasteiger partial charge in [-0.05, 0) is 37.6 Å². The first kappa shape index (κ1) is 21.4. The van der Waals surface area contributed by atoms with E-state index in [0.717, 1.165) is 6.42 Å². The number of carbonyl (C=O) groups is 4. The van der Waals surface area contributed by atoms with Crippen molar-refractivity contribution in [3.8, 4) is 0 Å². The monoisotopic (exact) mass is 383 g/mol. The van der Waals surface area contributed by atoms with E-state index < -0.39 is 30.4 Å². The molecule has 9 heteroatoms. The second-order valence-corrected chi connectivity index (χ2v) is 5.87. The van der Waals surface area contributed by atoms with E-state index >= 15 is 0 Å². The van der Waals surface area contributed by atoms with Crippen LogP contribution in [0.5, 0.6) is 0 Å². The van der Waals surface area contributed by atoms with Crippen molar-refractivity contribution < 1.29 is 23.9 Å². The van der Waals surface area contributed by atoms with Gasteiger partial charge in [0.1, 0.15) is 6.04 Å². The quantitative estimate of drug-likeness (QED) is 0.542. The van der Waals surface area contributed by atoms with Crippen molar-refractivity contribution in [3.63, 3.8) is 0 Å². The summed E-state index contributed by atoms with van der Waals surface area (Å²) in [5, 5.41) is 7.87. The Morgan fingerprint density at radius 3 is 2.35 bits per heavy atom. The molecule has 0 heterocycles. The van der Waals surface area contributed by atoms with Gasteiger partial charge in [0, 0.05) is 17.1 Å². The summed E-state index contributed by atoms with van der Waals surface area (Å²) in [5.74, 6) is -2.17. The van der Waals surface area contributed by atoms with Crippen LogP contribution in [0, 0.1) is 0 Å². The fourth-order valence-corrected chi connectivity index (χ4v) is 1.88. The molecule has 142 valence electrons. The van der Waals surface area contributed by atoms with E-state index in [1.165, 1.54) is 19.1 Å². The molecule has 0 saturated heterocycles. The third kappa shape index (κ3) is 7.98. The second kappa shape index (κ2) is 11.1. The fraction of sp³-hybridized carbons (Fsp3) is 0.412. The first-order valence-corrected chi connectivity index (χ1v) is 8.47. The molecule has 3 amide bonds. The molecular formula is C17H22ClN3O5. The number of carbonyl (C=O) groups excluding carboxylic acids is 4. The van der Waals surface area contributed by atoms with Gasteiger partial charge in [-0.15, -0.1) is 0 Å². The third-order valence-electron chi connectivity index (χ3n) is 3.17. The Kier molecular flexibility index (Phi) is 9.14. The van der Waals surface area contributed by atoms with Gasteiger partial charge in [0.05, 0.1) is 6.54 Å². The molecule has 26 heavy (non-hydrogen) atoms. The summed E-state index contributed by atoms with van der Waals surface area (Å²) < 4.78 is 4.82. The molecule has 0 aliphatic carbocycles. The van der Waals surface area contributed by atoms with Crippen molar-refractivity contribution in [1.82, 2.24) is 16.0 Å². The Morgan fingerprint density at radius 2 is 1.73 bits per heavy atom. The van der Waals surface area contributed by atoms with Gasteiger partial charge in [-0.1, -0.05) is 18.5 Å². The summed E-state index contributed by atoms with van der Waals surface area (Å²) in [6.45, 7) is 3.13. The van der Waals surface area contributed by atoms with E-state index in [1.807, 2.05) is 6.92 Å². The van der Waals surface area contributed by atoms with Crippen molar-refractivity contribution in [2.75, 3.05) is 19.7 Å². The van der Waals surface area contributed by atoms with Crippen LogP contribution in [0.15, 0.2) is 24.3 Å². The highest BCUT2D eigenvalue weighted by molar-refractivity contribution is 6.30. The van der Waals surface area contributed by atoms with Gasteiger partial charge < -0.3 is 20.7 Å². The van der Waals surface area contributed by atoms with Crippen molar-refractivity contribution >= 4 is 35.3 Å². The van der Waals surface area contributed by atoms with Crippen LogP contribution in [0.25, 0.3) is 0 Å². The van der Waals surface area contributed by atoms with Gasteiger partial charge in [0.25, 0.3) is 11.8 Å². The Labute approximate surface area is 156 Å². The first-order chi connectivity index (χ1) is 12.3. The number of ether oxygens (including phenoxy) is 1. The minimum Gasteiger partial charge on any atom is -0.454 e. The zero-order chi connectivity index (χ0) is 19.5. The van der Waals surface area contributed by atoms with Crippen LogP contribution in [0.4, 0.5) is 0 Å². The summed E-state index contributed by atoms with van der Waals surface area (Å²) in [5.41, 5.74) is 0.338. The number of nitrogens with one attached hydrogen (secondary N) is 3. The zero-order valence-electron chi connectivity index (χ0n) is 14.6. The lowest BCUT2D eigenvalue weighted by Gasteiger charge is -2.13. The number of halogens is 1. The van der Waals surface area contributed by atoms with Crippen LogP contribution in [-0.4, -0.2) is 49.4 Å². The molecule has 1 rings (SSSR count). The molecule has 0 bridgehead atoms. The predicted molar refractivity (Wildman–Crippen MR) is 95.6 cm³/mol. The normalized spacial score (nSPS) is 11.2. The van der Waals surface area contributed by atoms with Gasteiger partial charge in [-0.2, -0.15) is 0 Å². The van der Waals surface area contributed by atoms with Gasteiger partial charge >= 0.3 is 5.97 Å². The SMILES string of the molecule is CCCNC(=O)CNC(=O)COC(=O)[C@H](C)NC(=O)c1ccc(Cl)cc1. The maximum Gasteiger partial charge on any atom is 0.328 e. The second-order valence-electron chi connectivity index (χ2n) is 5.44. The van der Waals surface area contributed by atoms with Crippen molar-refractivity contribution in [2.45, 2.75) is 26.3 Å². The molecular weight excluding hydrogens is 362 g/mol. The first-order valence-electron chi connectivity index (χ1n) is 8.10. The van der Waals surface area contributed by atoms with E-state index in [2.05, 4.69) is 16.0 Å². The average Bonchev–Trinajstić information content (AvgIpc) is 2.62. The molecule has 1 aromatic carbocycles. The lowest BCUT2D eigenvalue weighted by Crippen LogP contribution is -2.42. The topological polar surface area (TPSA) is 114 Å². The molecule has 0 aliphatic heterocycles. The van der Waals surface area contributed by atoms with Gasteiger partial charge in [-0.25, -0.2) is 4.79 Å². The van der Waals surface area contributed by atoms with Gasteiger partial charge in [0.15, 0.2) is 6.61 Å². The van der Waals surface area contributed by atoms with Crippen molar-refractivity contribution in [3.05, 3.63) is 34.9 Å². The predicted octanol–water partition coefficient (Wildman–Crippen LogP) is 0.644. The highest BCUT2D eigenvalue weighted by Crippen LogP contribution is 2.09. The lowest BCUT2D eigenvalue weighted by molar-refractivity contribution is -0.150. The highest BCUT2D eigenvalue weighted by atomic mass is 35.5. The standard InChI is InChI=1S/C17H22ClN3O5/c1-3-8-19-14(22)9-20-15(23)10-26-17(25)11(2)21-16(24)12-4-6-13(18)7-5-12/h4-7,11H,3,8-10H2,1-2H3,(H,19,22)(H,20,23)(H,21,24)/t11-/m0/s1. The number of hydrogen-bond acceptors (Lipinski definition) is 5. The Bertz CT molecular complexity index is 648. The van der Waals surface area contributed by atoms with E-state index in [4.69, 9.17) is 16.3 Å². The van der Waals surface area contributed by atoms with Crippen LogP contribution in [0.2, 0.25) is 5.02 Å². The molecule has 1 aromatic rings. The van der Waals surface area contributed by atoms with E-state index in [-0.39, 0.29) is 12.5 Å². The molecule has 0 aromatic heterocycles. The summed E-state index contributed by atoms with van der Waals surface area (Å²) in [6, 6.07) is 5.21. The molecule has 0 saturated carbocycles. The van der Waals surface area contributed by atoms with Crippen LogP contribution in [0.3, 0.4) is 0 Å². The molecule has 0 unspecified atom stereocenters. The molecule has 0 aliphatic rings. The fourth-order valence-electron chi connectivity index (χ4n) is 1.76. The van der Waals surface area contributed by atoms with Crippen molar-refractivity contribution in [1.29, 1.82) is 0 Å². The molecule has 1 atom stereocenters. The van der Waals surface area contributed by atoms with Crippen LogP contribution in [-0.2, 0) is 19.1 Å². The third-order valence-corrected chi connectivity index (χ3v) is 3.42. The number of benzene rings is 1. The maximum atomic E-state index is 12.0. The summed E-state index contributed by atoms with van der Waals surface area (Å²) in [6.07, 6.45) is 0.789. The van der Waals surface area contributed by atoms with Crippen LogP contribution in [0.1, 0.15) is 30.6 Å². The number of rotatable bonds is 9. The average molecular weight is 384 g/mol. The Balaban J connectivity index is 2.33. The van der Waals surface area contributed by atoms with Crippen LogP contribution >= 0.6 is 11.6 Å². The van der Waals surface area contributed by atoms with Crippen LogP contribution < -0.4 is 16.0 Å². The van der Waals surface area contributed by atoms with Gasteiger partial charge in [0.2, 0.25) is 5.91 Å². The summed E-state index contributed by atoms with van der Waals surface area (Å²) >= 11 is 5.74. The molecule has 0 radical (unpaired) electrons. The highest BCUT2D eigenvalue weighted by Gasteiger charge is 2.19. The smallest absolute Gasteiger partial charge is 0.328 e. The molecule has 0 fully saturated rings. The van der Waals surface area contributed by atoms with Gasteiger partial charge in [-0.3, -0.25) is 14.4 Å². The molecule has 3 N–H and O–H groups in total. The van der Waals surface area contributed by atoms with E-state index in [9.17, 15) is 19.2 Å². The minimum absolute atomic E-state index is 0.195. The largest absolute Gasteiger partial charge is 0.454 e. The van der Waals surface area contributed by atoms with E-state index in [0.29, 0.717) is 17.1 Å². The summed E-state index contributed by atoms with van der Waals surface area (Å²) in [4.78, 5) is 46.7. The molecule has 0 spiro atoms. The maximum absolute atomic E-state index is 12.0.